The van der Waals surface area contributed by atoms with Gasteiger partial charge in [0.25, 0.3) is 0 Å². The minimum atomic E-state index is -4.24. The highest BCUT2D eigenvalue weighted by Gasteiger charge is 2.29. The first kappa shape index (κ1) is 9.06. The first-order valence-corrected chi connectivity index (χ1v) is 3.49. The Bertz CT molecular complexity index is 250. The molecule has 0 unspecified atom stereocenters. The molecule has 4 heteroatoms. The molecule has 0 radical (unpaired) electrons. The van der Waals surface area contributed by atoms with Gasteiger partial charge < -0.3 is 5.73 Å². The molecule has 1 rings (SSSR count). The third kappa shape index (κ3) is 1.98. The fourth-order valence-electron chi connectivity index (χ4n) is 0.860. The van der Waals surface area contributed by atoms with Crippen LogP contribution in [0.2, 0.25) is 0 Å². The van der Waals surface area contributed by atoms with Crippen molar-refractivity contribution < 1.29 is 18.9 Å². The van der Waals surface area contributed by atoms with Crippen molar-refractivity contribution >= 4 is 0 Å². The van der Waals surface area contributed by atoms with Gasteiger partial charge in [-0.15, -0.1) is 0 Å². The lowest BCUT2D eigenvalue weighted by Gasteiger charge is -2.05. The van der Waals surface area contributed by atoms with Gasteiger partial charge in [0.2, 0.25) is 0 Å². The van der Waals surface area contributed by atoms with Gasteiger partial charge in [-0.25, -0.2) is 0 Å². The van der Waals surface area contributed by atoms with Crippen molar-refractivity contribution in [3.63, 3.8) is 0 Å². The summed E-state index contributed by atoms with van der Waals surface area (Å²) in [4.78, 5) is 0. The first-order valence-electron chi connectivity index (χ1n) is 3.49. The van der Waals surface area contributed by atoms with Crippen LogP contribution < -0.4 is 5.73 Å². The lowest BCUT2D eigenvalue weighted by atomic mass is 10.1. The molecular formula is C8H9F3N+. The average molecular weight is 176 g/mol. The minimum Gasteiger partial charge on any atom is -0.354 e. The maximum absolute atomic E-state index is 12.0. The topological polar surface area (TPSA) is 27.6 Å². The molecular weight excluding hydrogens is 167 g/mol. The van der Waals surface area contributed by atoms with Crippen LogP contribution in [0.1, 0.15) is 11.1 Å². The summed E-state index contributed by atoms with van der Waals surface area (Å²) >= 11 is 0. The lowest BCUT2D eigenvalue weighted by Crippen LogP contribution is -2.47. The van der Waals surface area contributed by atoms with Crippen LogP contribution in [0.4, 0.5) is 13.2 Å². The zero-order valence-electron chi connectivity index (χ0n) is 6.36. The molecule has 0 atom stereocenters. The van der Waals surface area contributed by atoms with E-state index in [0.717, 1.165) is 17.7 Å². The smallest absolute Gasteiger partial charge is 0.354 e. The maximum Gasteiger partial charge on any atom is 0.416 e. The van der Waals surface area contributed by atoms with Crippen molar-refractivity contribution in [3.8, 4) is 0 Å². The number of hydrogen-bond donors (Lipinski definition) is 1. The molecule has 0 aliphatic carbocycles. The molecule has 1 aromatic carbocycles. The van der Waals surface area contributed by atoms with Gasteiger partial charge in [0.15, 0.2) is 0 Å². The molecule has 12 heavy (non-hydrogen) atoms. The summed E-state index contributed by atoms with van der Waals surface area (Å²) in [6.07, 6.45) is -4.24. The Hall–Kier alpha value is -1.03. The van der Waals surface area contributed by atoms with E-state index in [2.05, 4.69) is 5.73 Å². The summed E-state index contributed by atoms with van der Waals surface area (Å²) in [6.45, 7) is 0.512. The molecule has 0 aromatic heterocycles. The molecule has 0 aliphatic rings. The lowest BCUT2D eigenvalue weighted by molar-refractivity contribution is -0.386. The Morgan fingerprint density at radius 3 is 1.92 bits per heavy atom. The van der Waals surface area contributed by atoms with Crippen LogP contribution in [-0.2, 0) is 12.7 Å². The summed E-state index contributed by atoms with van der Waals surface area (Å²) in [6, 6.07) is 5.02. The van der Waals surface area contributed by atoms with Gasteiger partial charge in [0, 0.05) is 5.56 Å². The van der Waals surface area contributed by atoms with Crippen LogP contribution in [0.3, 0.4) is 0 Å². The third-order valence-electron chi connectivity index (χ3n) is 1.57. The summed E-state index contributed by atoms with van der Waals surface area (Å²) in [5, 5.41) is 0. The van der Waals surface area contributed by atoms with E-state index in [1.54, 1.807) is 0 Å². The van der Waals surface area contributed by atoms with E-state index in [1.807, 2.05) is 0 Å². The van der Waals surface area contributed by atoms with Crippen molar-refractivity contribution in [3.05, 3.63) is 35.4 Å². The normalized spacial score (nSPS) is 11.7. The molecule has 0 aliphatic heterocycles. The number of halogens is 3. The van der Waals surface area contributed by atoms with Crippen LogP contribution in [0.5, 0.6) is 0 Å². The van der Waals surface area contributed by atoms with Gasteiger partial charge in [0.05, 0.1) is 12.1 Å². The molecule has 1 nitrogen and oxygen atoms in total. The SMILES string of the molecule is [NH3+]Cc1ccc(C(F)(F)F)cc1. The minimum absolute atomic E-state index is 0.512. The molecule has 0 saturated carbocycles. The molecule has 66 valence electrons. The molecule has 3 N–H and O–H groups in total. The van der Waals surface area contributed by atoms with E-state index in [0.29, 0.717) is 6.54 Å². The van der Waals surface area contributed by atoms with Crippen LogP contribution in [-0.4, -0.2) is 0 Å². The van der Waals surface area contributed by atoms with Crippen LogP contribution >= 0.6 is 0 Å². The van der Waals surface area contributed by atoms with Crippen LogP contribution in [0.25, 0.3) is 0 Å². The number of hydrogen-bond acceptors (Lipinski definition) is 0. The summed E-state index contributed by atoms with van der Waals surface area (Å²) in [5.74, 6) is 0. The standard InChI is InChI=1S/C8H8F3N/c9-8(10,11)7-3-1-6(5-12)2-4-7/h1-4H,5,12H2/p+1. The fraction of sp³-hybridized carbons (Fsp3) is 0.250. The molecule has 0 saturated heterocycles. The Morgan fingerprint density at radius 1 is 1.08 bits per heavy atom. The van der Waals surface area contributed by atoms with E-state index in [9.17, 15) is 13.2 Å². The number of benzene rings is 1. The Balaban J connectivity index is 2.93. The van der Waals surface area contributed by atoms with E-state index in [4.69, 9.17) is 0 Å². The number of rotatable bonds is 1. The highest BCUT2D eigenvalue weighted by atomic mass is 19.4. The number of alkyl halides is 3. The Labute approximate surface area is 68.0 Å². The molecule has 1 aromatic rings. The van der Waals surface area contributed by atoms with Crippen molar-refractivity contribution in [2.45, 2.75) is 12.7 Å². The van der Waals surface area contributed by atoms with Gasteiger partial charge >= 0.3 is 6.18 Å². The zero-order chi connectivity index (χ0) is 9.19. The van der Waals surface area contributed by atoms with Gasteiger partial charge in [-0.3, -0.25) is 0 Å². The molecule has 0 amide bonds. The molecule has 0 spiro atoms. The monoisotopic (exact) mass is 176 g/mol. The van der Waals surface area contributed by atoms with E-state index < -0.39 is 11.7 Å². The molecule has 0 bridgehead atoms. The van der Waals surface area contributed by atoms with Crippen LogP contribution in [0, 0.1) is 0 Å². The predicted octanol–water partition coefficient (Wildman–Crippen LogP) is 1.45. The molecule has 0 fully saturated rings. The first-order chi connectivity index (χ1) is 5.54. The van der Waals surface area contributed by atoms with E-state index >= 15 is 0 Å². The van der Waals surface area contributed by atoms with E-state index in [1.165, 1.54) is 12.1 Å². The number of quaternary nitrogens is 1. The van der Waals surface area contributed by atoms with Gasteiger partial charge in [-0.05, 0) is 12.1 Å². The van der Waals surface area contributed by atoms with Crippen molar-refractivity contribution in [2.75, 3.05) is 0 Å². The summed E-state index contributed by atoms with van der Waals surface area (Å²) in [7, 11) is 0. The Morgan fingerprint density at radius 2 is 1.58 bits per heavy atom. The van der Waals surface area contributed by atoms with Gasteiger partial charge in [-0.2, -0.15) is 13.2 Å². The van der Waals surface area contributed by atoms with Crippen LogP contribution in [0.15, 0.2) is 24.3 Å². The third-order valence-corrected chi connectivity index (χ3v) is 1.57. The second-order valence-corrected chi connectivity index (χ2v) is 2.44. The second-order valence-electron chi connectivity index (χ2n) is 2.44. The largest absolute Gasteiger partial charge is 0.416 e. The highest BCUT2D eigenvalue weighted by Crippen LogP contribution is 2.28. The highest BCUT2D eigenvalue weighted by molar-refractivity contribution is 5.23. The maximum atomic E-state index is 12.0. The summed E-state index contributed by atoms with van der Waals surface area (Å²) in [5.41, 5.74) is 3.76. The fourth-order valence-corrected chi connectivity index (χ4v) is 0.860. The van der Waals surface area contributed by atoms with Crippen molar-refractivity contribution in [1.29, 1.82) is 0 Å². The zero-order valence-corrected chi connectivity index (χ0v) is 6.36. The second kappa shape index (κ2) is 3.15. The van der Waals surface area contributed by atoms with Crippen molar-refractivity contribution in [1.82, 2.24) is 0 Å². The van der Waals surface area contributed by atoms with E-state index in [-0.39, 0.29) is 0 Å². The summed E-state index contributed by atoms with van der Waals surface area (Å²) < 4.78 is 36.0. The quantitative estimate of drug-likeness (QED) is 0.670. The Kier molecular flexibility index (Phi) is 2.38. The predicted molar refractivity (Wildman–Crippen MR) is 38.0 cm³/mol. The average Bonchev–Trinajstić information content (AvgIpc) is 2.03. The van der Waals surface area contributed by atoms with Gasteiger partial charge in [-0.1, -0.05) is 12.1 Å². The van der Waals surface area contributed by atoms with Gasteiger partial charge in [0.1, 0.15) is 0 Å². The molecule has 0 heterocycles. The van der Waals surface area contributed by atoms with Crippen molar-refractivity contribution in [2.24, 2.45) is 0 Å².